The molecule has 1 aromatic carbocycles. The highest BCUT2D eigenvalue weighted by atomic mass is 32.2. The lowest BCUT2D eigenvalue weighted by Crippen LogP contribution is -2.04. The molecule has 0 spiro atoms. The molecular weight excluding hydrogens is 402 g/mol. The summed E-state index contributed by atoms with van der Waals surface area (Å²) in [6.45, 7) is 3.40. The van der Waals surface area contributed by atoms with E-state index in [9.17, 15) is 0 Å². The Kier molecular flexibility index (Phi) is 6.49. The molecule has 0 amide bonds. The molecule has 0 saturated heterocycles. The first kappa shape index (κ1) is 19.9. The van der Waals surface area contributed by atoms with Gasteiger partial charge in [-0.3, -0.25) is 4.98 Å². The summed E-state index contributed by atoms with van der Waals surface area (Å²) in [6.07, 6.45) is 2.68. The second-order valence-corrected chi connectivity index (χ2v) is 8.39. The van der Waals surface area contributed by atoms with E-state index in [2.05, 4.69) is 51.9 Å². The van der Waals surface area contributed by atoms with Gasteiger partial charge in [0.2, 0.25) is 0 Å². The molecule has 0 aliphatic rings. The van der Waals surface area contributed by atoms with Crippen LogP contribution in [0.4, 0.5) is 0 Å². The highest BCUT2D eigenvalue weighted by molar-refractivity contribution is 7.98. The van der Waals surface area contributed by atoms with Gasteiger partial charge in [-0.2, -0.15) is 11.3 Å². The monoisotopic (exact) mass is 425 g/mol. The van der Waals surface area contributed by atoms with E-state index in [1.807, 2.05) is 6.07 Å². The number of rotatable bonds is 9. The van der Waals surface area contributed by atoms with Gasteiger partial charge in [-0.15, -0.1) is 0 Å². The van der Waals surface area contributed by atoms with Crippen LogP contribution >= 0.6 is 23.1 Å². The van der Waals surface area contributed by atoms with E-state index in [0.717, 1.165) is 45.4 Å². The minimum atomic E-state index is 0.640. The number of methoxy groups -OCH3 is 1. The maximum atomic E-state index is 5.88. The van der Waals surface area contributed by atoms with Gasteiger partial charge in [0, 0.05) is 37.7 Å². The molecule has 0 atom stereocenters. The number of benzene rings is 1. The van der Waals surface area contributed by atoms with Gasteiger partial charge in [0.15, 0.2) is 5.16 Å². The fourth-order valence-corrected chi connectivity index (χ4v) is 4.62. The summed E-state index contributed by atoms with van der Waals surface area (Å²) in [7, 11) is 1.70. The normalized spacial score (nSPS) is 11.2. The summed E-state index contributed by atoms with van der Waals surface area (Å²) in [4.78, 5) is 12.7. The van der Waals surface area contributed by atoms with Crippen molar-refractivity contribution in [1.29, 1.82) is 0 Å². The van der Waals surface area contributed by atoms with Crippen LogP contribution in [0.1, 0.15) is 17.7 Å². The molecular formula is C22H23N3O2S2. The van der Waals surface area contributed by atoms with Crippen molar-refractivity contribution >= 4 is 34.1 Å². The van der Waals surface area contributed by atoms with Crippen LogP contribution < -0.4 is 4.74 Å². The lowest BCUT2D eigenvalue weighted by Gasteiger charge is -2.11. The maximum Gasteiger partial charge on any atom is 0.166 e. The van der Waals surface area contributed by atoms with Crippen LogP contribution in [0.15, 0.2) is 52.4 Å². The van der Waals surface area contributed by atoms with Crippen LogP contribution in [-0.2, 0) is 10.5 Å². The topological polar surface area (TPSA) is 60.0 Å². The Balaban J connectivity index is 1.44. The predicted octanol–water partition coefficient (Wildman–Crippen LogP) is 5.70. The van der Waals surface area contributed by atoms with Crippen molar-refractivity contribution in [3.63, 3.8) is 0 Å². The zero-order chi connectivity index (χ0) is 20.1. The Labute approximate surface area is 178 Å². The van der Waals surface area contributed by atoms with Crippen LogP contribution in [0.5, 0.6) is 5.75 Å². The highest BCUT2D eigenvalue weighted by Gasteiger charge is 2.10. The molecule has 7 heteroatoms. The van der Waals surface area contributed by atoms with E-state index in [1.54, 1.807) is 36.4 Å². The molecule has 0 fully saturated rings. The van der Waals surface area contributed by atoms with Crippen molar-refractivity contribution in [2.45, 2.75) is 24.3 Å². The molecule has 1 N–H and O–H groups in total. The summed E-state index contributed by atoms with van der Waals surface area (Å²) in [5.74, 6) is 1.62. The van der Waals surface area contributed by atoms with Crippen molar-refractivity contribution in [3.8, 4) is 16.9 Å². The number of ether oxygens (including phenoxy) is 2. The Morgan fingerprint density at radius 2 is 2.07 bits per heavy atom. The number of hydrogen-bond acceptors (Lipinski definition) is 6. The van der Waals surface area contributed by atoms with Gasteiger partial charge in [0.1, 0.15) is 5.75 Å². The zero-order valence-electron chi connectivity index (χ0n) is 16.5. The molecule has 0 bridgehead atoms. The Bertz CT molecular complexity index is 1080. The Morgan fingerprint density at radius 1 is 1.14 bits per heavy atom. The molecule has 4 rings (SSSR count). The van der Waals surface area contributed by atoms with Gasteiger partial charge >= 0.3 is 0 Å². The summed E-state index contributed by atoms with van der Waals surface area (Å²) >= 11 is 3.36. The molecule has 0 saturated carbocycles. The fraction of sp³-hybridized carbons (Fsp3) is 0.273. The van der Waals surface area contributed by atoms with Crippen molar-refractivity contribution in [2.75, 3.05) is 20.3 Å². The van der Waals surface area contributed by atoms with Gasteiger partial charge in [0.25, 0.3) is 0 Å². The molecule has 150 valence electrons. The average Bonchev–Trinajstić information content (AvgIpc) is 3.40. The van der Waals surface area contributed by atoms with Gasteiger partial charge in [-0.1, -0.05) is 17.8 Å². The third kappa shape index (κ3) is 4.80. The van der Waals surface area contributed by atoms with Crippen molar-refractivity contribution < 1.29 is 9.47 Å². The Morgan fingerprint density at radius 3 is 2.90 bits per heavy atom. The first-order valence-corrected chi connectivity index (χ1v) is 11.4. The van der Waals surface area contributed by atoms with E-state index in [-0.39, 0.29) is 0 Å². The van der Waals surface area contributed by atoms with Gasteiger partial charge < -0.3 is 14.5 Å². The number of fused-ring (bicyclic) bond motifs is 1. The minimum absolute atomic E-state index is 0.640. The van der Waals surface area contributed by atoms with Crippen LogP contribution in [0.25, 0.3) is 22.2 Å². The first-order valence-electron chi connectivity index (χ1n) is 9.46. The van der Waals surface area contributed by atoms with E-state index >= 15 is 0 Å². The molecule has 5 nitrogen and oxygen atoms in total. The molecule has 29 heavy (non-hydrogen) atoms. The molecule has 3 heterocycles. The quantitative estimate of drug-likeness (QED) is 0.275. The minimum Gasteiger partial charge on any atom is -0.493 e. The number of nitrogens with one attached hydrogen (secondary N) is 1. The van der Waals surface area contributed by atoms with Gasteiger partial charge in [0.05, 0.1) is 23.3 Å². The SMILES string of the molecule is COCCCOc1ccnc(CSc2nc3cc(-c4ccsc4)ccc3[nH]2)c1C. The number of pyridine rings is 1. The summed E-state index contributed by atoms with van der Waals surface area (Å²) in [5, 5.41) is 5.15. The number of nitrogens with zero attached hydrogens (tertiary/aromatic N) is 2. The molecule has 0 aliphatic carbocycles. The largest absolute Gasteiger partial charge is 0.493 e. The summed E-state index contributed by atoms with van der Waals surface area (Å²) in [5.41, 5.74) is 6.54. The lowest BCUT2D eigenvalue weighted by atomic mass is 10.1. The van der Waals surface area contributed by atoms with Crippen LogP contribution in [0.3, 0.4) is 0 Å². The summed E-state index contributed by atoms with van der Waals surface area (Å²) in [6, 6.07) is 10.4. The number of imidazole rings is 1. The van der Waals surface area contributed by atoms with E-state index in [4.69, 9.17) is 14.5 Å². The third-order valence-corrected chi connectivity index (χ3v) is 6.24. The zero-order valence-corrected chi connectivity index (χ0v) is 18.1. The van der Waals surface area contributed by atoms with E-state index in [0.29, 0.717) is 13.2 Å². The predicted molar refractivity (Wildman–Crippen MR) is 120 cm³/mol. The number of hydrogen-bond donors (Lipinski definition) is 1. The second-order valence-electron chi connectivity index (χ2n) is 6.65. The molecule has 0 unspecified atom stereocenters. The smallest absolute Gasteiger partial charge is 0.166 e. The number of aromatic nitrogens is 3. The van der Waals surface area contributed by atoms with Crippen LogP contribution in [0, 0.1) is 6.92 Å². The van der Waals surface area contributed by atoms with Crippen molar-refractivity contribution in [3.05, 3.63) is 58.5 Å². The molecule has 4 aromatic rings. The summed E-state index contributed by atoms with van der Waals surface area (Å²) < 4.78 is 10.9. The van der Waals surface area contributed by atoms with Gasteiger partial charge in [-0.25, -0.2) is 4.98 Å². The van der Waals surface area contributed by atoms with E-state index < -0.39 is 0 Å². The van der Waals surface area contributed by atoms with Crippen molar-refractivity contribution in [1.82, 2.24) is 15.0 Å². The van der Waals surface area contributed by atoms with Crippen LogP contribution in [-0.4, -0.2) is 35.3 Å². The number of aromatic amines is 1. The number of thiophene rings is 1. The Hall–Kier alpha value is -2.35. The average molecular weight is 426 g/mol. The highest BCUT2D eigenvalue weighted by Crippen LogP contribution is 2.29. The number of thioether (sulfide) groups is 1. The van der Waals surface area contributed by atoms with Crippen molar-refractivity contribution in [2.24, 2.45) is 0 Å². The standard InChI is InChI=1S/C22H23N3O2S2/c1-15-20(23-8-6-21(15)27-10-3-9-26-2)14-29-22-24-18-5-4-16(12-19(18)25-22)17-7-11-28-13-17/h4-8,11-13H,3,9-10,14H2,1-2H3,(H,24,25). The first-order chi connectivity index (χ1) is 14.2. The fourth-order valence-electron chi connectivity index (χ4n) is 3.04. The molecule has 0 radical (unpaired) electrons. The molecule has 0 aliphatic heterocycles. The molecule has 3 aromatic heterocycles. The third-order valence-electron chi connectivity index (χ3n) is 4.67. The maximum absolute atomic E-state index is 5.88. The van der Waals surface area contributed by atoms with E-state index in [1.165, 1.54) is 11.1 Å². The number of H-pyrrole nitrogens is 1. The lowest BCUT2D eigenvalue weighted by molar-refractivity contribution is 0.172. The van der Waals surface area contributed by atoms with Gasteiger partial charge in [-0.05, 0) is 53.1 Å². The van der Waals surface area contributed by atoms with Crippen LogP contribution in [0.2, 0.25) is 0 Å². The second kappa shape index (κ2) is 9.43.